The summed E-state index contributed by atoms with van der Waals surface area (Å²) in [6, 6.07) is 4.98. The Hall–Kier alpha value is -2.68. The molecule has 0 spiro atoms. The lowest BCUT2D eigenvalue weighted by molar-refractivity contribution is -0.137. The van der Waals surface area contributed by atoms with E-state index in [1.54, 1.807) is 31.3 Å². The molecule has 0 bridgehead atoms. The number of thiazole rings is 1. The molecule has 0 fully saturated rings. The molecule has 30 heavy (non-hydrogen) atoms. The van der Waals surface area contributed by atoms with Gasteiger partial charge in [0.05, 0.1) is 40.6 Å². The predicted molar refractivity (Wildman–Crippen MR) is 110 cm³/mol. The van der Waals surface area contributed by atoms with Crippen molar-refractivity contribution in [2.75, 3.05) is 0 Å². The van der Waals surface area contributed by atoms with E-state index in [0.29, 0.717) is 35.1 Å². The first-order valence-corrected chi connectivity index (χ1v) is 10.4. The molecule has 1 N–H and O–H groups in total. The molecule has 0 aliphatic carbocycles. The van der Waals surface area contributed by atoms with Crippen molar-refractivity contribution in [3.63, 3.8) is 0 Å². The second kappa shape index (κ2) is 8.59. The molecule has 1 aromatic carbocycles. The van der Waals surface area contributed by atoms with E-state index in [0.717, 1.165) is 22.8 Å². The van der Waals surface area contributed by atoms with Crippen molar-refractivity contribution in [3.05, 3.63) is 62.9 Å². The fourth-order valence-electron chi connectivity index (χ4n) is 3.08. The number of carbonyl (C=O) groups is 1. The van der Waals surface area contributed by atoms with E-state index in [2.05, 4.69) is 29.2 Å². The zero-order valence-electron chi connectivity index (χ0n) is 17.2. The summed E-state index contributed by atoms with van der Waals surface area (Å²) in [7, 11) is 0. The molecule has 0 aliphatic rings. The Morgan fingerprint density at radius 2 is 2.00 bits per heavy atom. The van der Waals surface area contributed by atoms with Crippen LogP contribution >= 0.6 is 11.3 Å². The van der Waals surface area contributed by atoms with Gasteiger partial charge < -0.3 is 5.32 Å². The van der Waals surface area contributed by atoms with E-state index in [1.807, 2.05) is 5.38 Å². The van der Waals surface area contributed by atoms with Crippen LogP contribution in [0.1, 0.15) is 53.0 Å². The van der Waals surface area contributed by atoms with Gasteiger partial charge >= 0.3 is 6.18 Å². The number of nitrogens with one attached hydrogen (secondary N) is 1. The van der Waals surface area contributed by atoms with Crippen LogP contribution in [0.25, 0.3) is 5.69 Å². The van der Waals surface area contributed by atoms with Crippen molar-refractivity contribution in [1.82, 2.24) is 20.1 Å². The summed E-state index contributed by atoms with van der Waals surface area (Å²) in [5, 5.41) is 10.2. The Morgan fingerprint density at radius 1 is 1.27 bits per heavy atom. The number of rotatable bonds is 6. The molecule has 3 rings (SSSR count). The maximum Gasteiger partial charge on any atom is 0.416 e. The lowest BCUT2D eigenvalue weighted by atomic mass is 10.1. The van der Waals surface area contributed by atoms with Gasteiger partial charge in [0.15, 0.2) is 0 Å². The summed E-state index contributed by atoms with van der Waals surface area (Å²) in [5.41, 5.74) is 2.32. The summed E-state index contributed by atoms with van der Waals surface area (Å²) in [4.78, 5) is 16.9. The minimum atomic E-state index is -4.43. The Morgan fingerprint density at radius 3 is 2.63 bits per heavy atom. The van der Waals surface area contributed by atoms with Crippen LogP contribution < -0.4 is 5.32 Å². The molecule has 2 heterocycles. The average Bonchev–Trinajstić information content (AvgIpc) is 3.26. The second-order valence-electron chi connectivity index (χ2n) is 7.39. The highest BCUT2D eigenvalue weighted by Crippen LogP contribution is 2.31. The van der Waals surface area contributed by atoms with Gasteiger partial charge in [0.25, 0.3) is 0 Å². The van der Waals surface area contributed by atoms with E-state index in [1.165, 1.54) is 10.7 Å². The number of amides is 1. The Bertz CT molecular complexity index is 1050. The molecule has 5 nitrogen and oxygen atoms in total. The maximum absolute atomic E-state index is 13.0. The van der Waals surface area contributed by atoms with Gasteiger partial charge in [-0.2, -0.15) is 18.3 Å². The summed E-state index contributed by atoms with van der Waals surface area (Å²) < 4.78 is 40.5. The number of hydrogen-bond acceptors (Lipinski definition) is 4. The van der Waals surface area contributed by atoms with Crippen LogP contribution in [-0.4, -0.2) is 20.7 Å². The van der Waals surface area contributed by atoms with E-state index in [-0.39, 0.29) is 12.3 Å². The molecule has 0 aliphatic heterocycles. The van der Waals surface area contributed by atoms with Crippen molar-refractivity contribution in [2.45, 2.75) is 52.8 Å². The Labute approximate surface area is 177 Å². The molecule has 2 aromatic heterocycles. The van der Waals surface area contributed by atoms with Crippen molar-refractivity contribution >= 4 is 17.2 Å². The highest BCUT2D eigenvalue weighted by molar-refractivity contribution is 7.09. The average molecular weight is 437 g/mol. The SMILES string of the molecule is Cc1nn(-c2cccc(C(F)(F)F)c2)c(C)c1CC(=O)NCc1csc(C(C)C)n1. The number of hydrogen-bond donors (Lipinski definition) is 1. The quantitative estimate of drug-likeness (QED) is 0.595. The fraction of sp³-hybridized carbons (Fsp3) is 0.381. The van der Waals surface area contributed by atoms with Crippen LogP contribution in [0.2, 0.25) is 0 Å². The summed E-state index contributed by atoms with van der Waals surface area (Å²) in [6.07, 6.45) is -4.34. The van der Waals surface area contributed by atoms with Crippen molar-refractivity contribution in [2.24, 2.45) is 0 Å². The standard InChI is InChI=1S/C21H23F3N4OS/c1-12(2)20-26-16(11-30-20)10-25-19(29)9-18-13(3)27-28(14(18)4)17-7-5-6-15(8-17)21(22,23)24/h5-8,11-12H,9-10H2,1-4H3,(H,25,29). The minimum Gasteiger partial charge on any atom is -0.350 e. The Balaban J connectivity index is 1.73. The van der Waals surface area contributed by atoms with Gasteiger partial charge in [-0.05, 0) is 32.0 Å². The molecule has 3 aromatic rings. The summed E-state index contributed by atoms with van der Waals surface area (Å²) in [6.45, 7) is 7.96. The number of nitrogens with zero attached hydrogens (tertiary/aromatic N) is 3. The molecule has 160 valence electrons. The molecular weight excluding hydrogens is 413 g/mol. The third kappa shape index (κ3) is 4.89. The molecule has 0 atom stereocenters. The highest BCUT2D eigenvalue weighted by atomic mass is 32.1. The number of halogens is 3. The molecule has 0 saturated carbocycles. The first-order valence-electron chi connectivity index (χ1n) is 9.50. The third-order valence-corrected chi connectivity index (χ3v) is 5.92. The number of aromatic nitrogens is 3. The molecule has 0 saturated heterocycles. The summed E-state index contributed by atoms with van der Waals surface area (Å²) >= 11 is 1.57. The van der Waals surface area contributed by atoms with Gasteiger partial charge in [-0.25, -0.2) is 9.67 Å². The van der Waals surface area contributed by atoms with Crippen LogP contribution in [0, 0.1) is 13.8 Å². The van der Waals surface area contributed by atoms with Crippen LogP contribution in [-0.2, 0) is 23.9 Å². The molecule has 1 amide bonds. The number of aryl methyl sites for hydroxylation is 1. The van der Waals surface area contributed by atoms with E-state index in [4.69, 9.17) is 0 Å². The monoisotopic (exact) mass is 436 g/mol. The maximum atomic E-state index is 13.0. The third-order valence-electron chi connectivity index (χ3n) is 4.73. The molecular formula is C21H23F3N4OS. The van der Waals surface area contributed by atoms with Crippen LogP contribution in [0.4, 0.5) is 13.2 Å². The number of carbonyl (C=O) groups excluding carboxylic acids is 1. The van der Waals surface area contributed by atoms with Crippen molar-refractivity contribution in [3.8, 4) is 5.69 Å². The first kappa shape index (κ1) is 22.0. The fourth-order valence-corrected chi connectivity index (χ4v) is 3.91. The smallest absolute Gasteiger partial charge is 0.350 e. The predicted octanol–water partition coefficient (Wildman–Crippen LogP) is 4.95. The van der Waals surface area contributed by atoms with Gasteiger partial charge in [0, 0.05) is 22.6 Å². The normalized spacial score (nSPS) is 11.9. The largest absolute Gasteiger partial charge is 0.416 e. The second-order valence-corrected chi connectivity index (χ2v) is 8.28. The van der Waals surface area contributed by atoms with Gasteiger partial charge in [0.2, 0.25) is 5.91 Å². The number of alkyl halides is 3. The number of benzene rings is 1. The van der Waals surface area contributed by atoms with E-state index >= 15 is 0 Å². The van der Waals surface area contributed by atoms with Crippen LogP contribution in [0.15, 0.2) is 29.6 Å². The molecule has 0 radical (unpaired) electrons. The minimum absolute atomic E-state index is 0.0950. The van der Waals surface area contributed by atoms with Gasteiger partial charge in [0.1, 0.15) is 0 Å². The zero-order valence-corrected chi connectivity index (χ0v) is 18.0. The van der Waals surface area contributed by atoms with Crippen LogP contribution in [0.5, 0.6) is 0 Å². The van der Waals surface area contributed by atoms with E-state index in [9.17, 15) is 18.0 Å². The molecule has 0 unspecified atom stereocenters. The van der Waals surface area contributed by atoms with Crippen LogP contribution in [0.3, 0.4) is 0 Å². The van der Waals surface area contributed by atoms with Gasteiger partial charge in [-0.1, -0.05) is 19.9 Å². The molecule has 9 heteroatoms. The first-order chi connectivity index (χ1) is 14.1. The van der Waals surface area contributed by atoms with Gasteiger partial charge in [-0.15, -0.1) is 11.3 Å². The Kier molecular flexibility index (Phi) is 6.30. The zero-order chi connectivity index (χ0) is 22.1. The van der Waals surface area contributed by atoms with E-state index < -0.39 is 11.7 Å². The van der Waals surface area contributed by atoms with Crippen molar-refractivity contribution in [1.29, 1.82) is 0 Å². The summed E-state index contributed by atoms with van der Waals surface area (Å²) in [5.74, 6) is 0.148. The lowest BCUT2D eigenvalue weighted by Crippen LogP contribution is -2.25. The topological polar surface area (TPSA) is 59.8 Å². The van der Waals surface area contributed by atoms with Crippen molar-refractivity contribution < 1.29 is 18.0 Å². The van der Waals surface area contributed by atoms with Gasteiger partial charge in [-0.3, -0.25) is 4.79 Å². The lowest BCUT2D eigenvalue weighted by Gasteiger charge is -2.10. The highest BCUT2D eigenvalue weighted by Gasteiger charge is 2.30.